The van der Waals surface area contributed by atoms with Gasteiger partial charge in [-0.1, -0.05) is 6.92 Å². The van der Waals surface area contributed by atoms with E-state index in [1.165, 1.54) is 28.7 Å². The van der Waals surface area contributed by atoms with Gasteiger partial charge >= 0.3 is 0 Å². The van der Waals surface area contributed by atoms with Crippen LogP contribution in [-0.2, 0) is 17.6 Å². The van der Waals surface area contributed by atoms with Crippen LogP contribution >= 0.6 is 11.3 Å². The van der Waals surface area contributed by atoms with Gasteiger partial charge in [0.25, 0.3) is 0 Å². The lowest BCUT2D eigenvalue weighted by molar-refractivity contribution is -0.126. The summed E-state index contributed by atoms with van der Waals surface area (Å²) in [6.45, 7) is 8.00. The lowest BCUT2D eigenvalue weighted by atomic mass is 9.89. The van der Waals surface area contributed by atoms with Crippen molar-refractivity contribution in [3.63, 3.8) is 0 Å². The predicted molar refractivity (Wildman–Crippen MR) is 113 cm³/mol. The SMILES string of the molecule is C[C@@H]1CCc2c(sc3ncnc(N4CCN([C@@H](C)C(=O)NC5CC5)CC4)c23)C1. The summed E-state index contributed by atoms with van der Waals surface area (Å²) in [5.41, 5.74) is 1.49. The van der Waals surface area contributed by atoms with E-state index in [1.54, 1.807) is 6.33 Å². The first kappa shape index (κ1) is 18.3. The van der Waals surface area contributed by atoms with Gasteiger partial charge < -0.3 is 10.2 Å². The second kappa shape index (κ2) is 7.26. The zero-order valence-electron chi connectivity index (χ0n) is 16.8. The zero-order chi connectivity index (χ0) is 19.3. The Morgan fingerprint density at radius 2 is 2.00 bits per heavy atom. The molecule has 2 fully saturated rings. The molecule has 5 rings (SSSR count). The standard InChI is InChI=1S/C21H29N5OS/c1-13-3-6-16-17(11-13)28-21-18(16)19(22-12-23-21)26-9-7-25(8-10-26)14(2)20(27)24-15-4-5-15/h12-15H,3-11H2,1-2H3,(H,24,27)/t13-,14+/m1/s1. The van der Waals surface area contributed by atoms with Crippen molar-refractivity contribution in [3.8, 4) is 0 Å². The van der Waals surface area contributed by atoms with Gasteiger partial charge in [-0.2, -0.15) is 0 Å². The minimum atomic E-state index is -0.0523. The van der Waals surface area contributed by atoms with Crippen molar-refractivity contribution < 1.29 is 4.79 Å². The van der Waals surface area contributed by atoms with Crippen molar-refractivity contribution in [1.29, 1.82) is 0 Å². The number of piperazine rings is 1. The maximum absolute atomic E-state index is 12.4. The number of aromatic nitrogens is 2. The van der Waals surface area contributed by atoms with E-state index >= 15 is 0 Å². The lowest BCUT2D eigenvalue weighted by Gasteiger charge is -2.38. The molecule has 0 radical (unpaired) electrons. The number of hydrogen-bond acceptors (Lipinski definition) is 6. The fourth-order valence-corrected chi connectivity index (χ4v) is 5.88. The van der Waals surface area contributed by atoms with E-state index in [0.717, 1.165) is 62.0 Å². The molecule has 1 N–H and O–H groups in total. The molecule has 1 amide bonds. The highest BCUT2D eigenvalue weighted by molar-refractivity contribution is 7.19. The summed E-state index contributed by atoms with van der Waals surface area (Å²) in [6, 6.07) is 0.376. The van der Waals surface area contributed by atoms with Crippen molar-refractivity contribution in [2.75, 3.05) is 31.1 Å². The van der Waals surface area contributed by atoms with E-state index in [9.17, 15) is 4.79 Å². The topological polar surface area (TPSA) is 61.4 Å². The third-order valence-electron chi connectivity index (χ3n) is 6.54. The number of amides is 1. The van der Waals surface area contributed by atoms with Gasteiger partial charge in [0, 0.05) is 37.1 Å². The van der Waals surface area contributed by atoms with Crippen molar-refractivity contribution in [2.45, 2.75) is 58.0 Å². The molecule has 0 unspecified atom stereocenters. The molecule has 2 aromatic heterocycles. The first-order valence-corrected chi connectivity index (χ1v) is 11.5. The van der Waals surface area contributed by atoms with Crippen molar-refractivity contribution >= 4 is 33.3 Å². The summed E-state index contributed by atoms with van der Waals surface area (Å²) in [5, 5.41) is 4.43. The highest BCUT2D eigenvalue weighted by Crippen LogP contribution is 2.40. The summed E-state index contributed by atoms with van der Waals surface area (Å²) >= 11 is 1.86. The molecule has 1 saturated carbocycles. The van der Waals surface area contributed by atoms with Crippen LogP contribution in [0.2, 0.25) is 0 Å². The second-order valence-electron chi connectivity index (χ2n) is 8.71. The molecular formula is C21H29N5OS. The fourth-order valence-electron chi connectivity index (χ4n) is 4.53. The Labute approximate surface area is 170 Å². The van der Waals surface area contributed by atoms with E-state index in [4.69, 9.17) is 4.98 Å². The van der Waals surface area contributed by atoms with Crippen molar-refractivity contribution in [3.05, 3.63) is 16.8 Å². The zero-order valence-corrected chi connectivity index (χ0v) is 17.6. The average Bonchev–Trinajstić information content (AvgIpc) is 3.44. The molecule has 0 aromatic carbocycles. The number of fused-ring (bicyclic) bond motifs is 3. The summed E-state index contributed by atoms with van der Waals surface area (Å²) < 4.78 is 0. The summed E-state index contributed by atoms with van der Waals surface area (Å²) in [7, 11) is 0. The van der Waals surface area contributed by atoms with Gasteiger partial charge in [-0.15, -0.1) is 11.3 Å². The van der Waals surface area contributed by atoms with Crippen LogP contribution in [0.5, 0.6) is 0 Å². The van der Waals surface area contributed by atoms with E-state index < -0.39 is 0 Å². The molecule has 2 atom stereocenters. The highest BCUT2D eigenvalue weighted by Gasteiger charge is 2.31. The molecule has 28 heavy (non-hydrogen) atoms. The molecule has 0 spiro atoms. The Hall–Kier alpha value is -1.73. The first-order chi connectivity index (χ1) is 13.6. The molecule has 6 nitrogen and oxygen atoms in total. The van der Waals surface area contributed by atoms with Crippen LogP contribution in [-0.4, -0.2) is 59.0 Å². The number of nitrogens with one attached hydrogen (secondary N) is 1. The van der Waals surface area contributed by atoms with E-state index in [0.29, 0.717) is 6.04 Å². The van der Waals surface area contributed by atoms with E-state index in [2.05, 4.69) is 27.0 Å². The fraction of sp³-hybridized carbons (Fsp3) is 0.667. The minimum absolute atomic E-state index is 0.0523. The predicted octanol–water partition coefficient (Wildman–Crippen LogP) is 2.61. The number of hydrogen-bond donors (Lipinski definition) is 1. The van der Waals surface area contributed by atoms with Gasteiger partial charge in [-0.3, -0.25) is 9.69 Å². The summed E-state index contributed by atoms with van der Waals surface area (Å²) in [4.78, 5) is 29.0. The van der Waals surface area contributed by atoms with Crippen LogP contribution in [0.4, 0.5) is 5.82 Å². The van der Waals surface area contributed by atoms with Gasteiger partial charge in [0.2, 0.25) is 5.91 Å². The van der Waals surface area contributed by atoms with Crippen LogP contribution in [0.15, 0.2) is 6.33 Å². The van der Waals surface area contributed by atoms with Crippen LogP contribution in [0, 0.1) is 5.92 Å². The summed E-state index contributed by atoms with van der Waals surface area (Å²) in [6.07, 6.45) is 7.58. The molecule has 2 aromatic rings. The number of nitrogens with zero attached hydrogens (tertiary/aromatic N) is 4. The van der Waals surface area contributed by atoms with Crippen LogP contribution in [0.3, 0.4) is 0 Å². The number of anilines is 1. The molecule has 3 aliphatic rings. The van der Waals surface area contributed by atoms with Crippen molar-refractivity contribution in [2.24, 2.45) is 5.92 Å². The Morgan fingerprint density at radius 3 is 2.75 bits per heavy atom. The smallest absolute Gasteiger partial charge is 0.237 e. The third-order valence-corrected chi connectivity index (χ3v) is 7.70. The van der Waals surface area contributed by atoms with E-state index in [1.807, 2.05) is 18.3 Å². The quantitative estimate of drug-likeness (QED) is 0.856. The molecule has 150 valence electrons. The van der Waals surface area contributed by atoms with Gasteiger partial charge in [0.1, 0.15) is 17.0 Å². The molecule has 3 heterocycles. The Bertz CT molecular complexity index is 884. The van der Waals surface area contributed by atoms with Gasteiger partial charge in [-0.05, 0) is 50.5 Å². The second-order valence-corrected chi connectivity index (χ2v) is 9.79. The van der Waals surface area contributed by atoms with Gasteiger partial charge in [0.05, 0.1) is 11.4 Å². The molecule has 2 aliphatic carbocycles. The molecular weight excluding hydrogens is 370 g/mol. The van der Waals surface area contributed by atoms with Crippen LogP contribution in [0.25, 0.3) is 10.2 Å². The maximum atomic E-state index is 12.4. The third kappa shape index (κ3) is 3.39. The highest BCUT2D eigenvalue weighted by atomic mass is 32.1. The minimum Gasteiger partial charge on any atom is -0.353 e. The van der Waals surface area contributed by atoms with Crippen molar-refractivity contribution in [1.82, 2.24) is 20.2 Å². The average molecular weight is 400 g/mol. The van der Waals surface area contributed by atoms with E-state index in [-0.39, 0.29) is 11.9 Å². The largest absolute Gasteiger partial charge is 0.353 e. The number of rotatable bonds is 4. The Morgan fingerprint density at radius 1 is 1.21 bits per heavy atom. The van der Waals surface area contributed by atoms with Crippen LogP contribution < -0.4 is 10.2 Å². The molecule has 1 aliphatic heterocycles. The Balaban J connectivity index is 1.32. The normalized spacial score (nSPS) is 24.2. The maximum Gasteiger partial charge on any atom is 0.237 e. The number of thiophene rings is 1. The lowest BCUT2D eigenvalue weighted by Crippen LogP contribution is -2.54. The number of carbonyl (C=O) groups excluding carboxylic acids is 1. The monoisotopic (exact) mass is 399 g/mol. The molecule has 0 bridgehead atoms. The molecule has 7 heteroatoms. The summed E-state index contributed by atoms with van der Waals surface area (Å²) in [5.74, 6) is 2.05. The van der Waals surface area contributed by atoms with Crippen LogP contribution in [0.1, 0.15) is 43.6 Å². The Kier molecular flexibility index (Phi) is 4.75. The van der Waals surface area contributed by atoms with Gasteiger partial charge in [-0.25, -0.2) is 9.97 Å². The molecule has 1 saturated heterocycles. The van der Waals surface area contributed by atoms with Gasteiger partial charge in [0.15, 0.2) is 0 Å². The number of carbonyl (C=O) groups is 1. The first-order valence-electron chi connectivity index (χ1n) is 10.6. The number of aryl methyl sites for hydroxylation is 1.